The Kier molecular flexibility index (Phi) is 5.88. The van der Waals surface area contributed by atoms with Crippen LogP contribution in [0.15, 0.2) is 48.5 Å². The van der Waals surface area contributed by atoms with Gasteiger partial charge in [-0.05, 0) is 34.7 Å². The smallest absolute Gasteiger partial charge is 0.224 e. The average molecular weight is 315 g/mol. The SMILES string of the molecule is CC(C)c1ccc(C(O)CNC(=O)Cc2ccc(F)cc2)cc1. The van der Waals surface area contributed by atoms with Crippen molar-refractivity contribution in [2.45, 2.75) is 32.3 Å². The molecular formula is C19H22FNO2. The maximum absolute atomic E-state index is 12.8. The Morgan fingerprint density at radius 2 is 1.61 bits per heavy atom. The molecule has 0 radical (unpaired) electrons. The number of halogens is 1. The Bertz CT molecular complexity index is 635. The highest BCUT2D eigenvalue weighted by atomic mass is 19.1. The monoisotopic (exact) mass is 315 g/mol. The van der Waals surface area contributed by atoms with Crippen LogP contribution in [-0.4, -0.2) is 17.6 Å². The molecule has 0 spiro atoms. The third-order valence-electron chi connectivity index (χ3n) is 3.76. The molecule has 2 N–H and O–H groups in total. The highest BCUT2D eigenvalue weighted by Gasteiger charge is 2.10. The van der Waals surface area contributed by atoms with E-state index in [1.807, 2.05) is 24.3 Å². The number of hydrogen-bond donors (Lipinski definition) is 2. The van der Waals surface area contributed by atoms with E-state index < -0.39 is 6.10 Å². The average Bonchev–Trinajstić information content (AvgIpc) is 2.55. The summed E-state index contributed by atoms with van der Waals surface area (Å²) in [4.78, 5) is 11.9. The summed E-state index contributed by atoms with van der Waals surface area (Å²) < 4.78 is 12.8. The largest absolute Gasteiger partial charge is 0.387 e. The Morgan fingerprint density at radius 3 is 2.17 bits per heavy atom. The minimum Gasteiger partial charge on any atom is -0.387 e. The minimum absolute atomic E-state index is 0.154. The molecule has 1 atom stereocenters. The van der Waals surface area contributed by atoms with E-state index in [0.29, 0.717) is 5.92 Å². The first-order valence-corrected chi connectivity index (χ1v) is 7.74. The van der Waals surface area contributed by atoms with Gasteiger partial charge in [0.1, 0.15) is 5.82 Å². The van der Waals surface area contributed by atoms with Crippen molar-refractivity contribution in [3.05, 3.63) is 71.0 Å². The van der Waals surface area contributed by atoms with Gasteiger partial charge >= 0.3 is 0 Å². The summed E-state index contributed by atoms with van der Waals surface area (Å²) in [6.07, 6.45) is -0.576. The number of aliphatic hydroxyl groups is 1. The summed E-state index contributed by atoms with van der Waals surface area (Å²) in [5.41, 5.74) is 2.72. The third-order valence-corrected chi connectivity index (χ3v) is 3.76. The molecule has 1 amide bonds. The van der Waals surface area contributed by atoms with E-state index in [4.69, 9.17) is 0 Å². The summed E-state index contributed by atoms with van der Waals surface area (Å²) in [7, 11) is 0. The lowest BCUT2D eigenvalue weighted by Gasteiger charge is -2.14. The Balaban J connectivity index is 1.84. The molecule has 23 heavy (non-hydrogen) atoms. The van der Waals surface area contributed by atoms with E-state index in [0.717, 1.165) is 11.1 Å². The normalized spacial score (nSPS) is 12.2. The molecule has 0 aliphatic heterocycles. The van der Waals surface area contributed by atoms with Crippen LogP contribution in [0.1, 0.15) is 42.6 Å². The number of benzene rings is 2. The first kappa shape index (κ1) is 17.2. The molecule has 2 aromatic carbocycles. The van der Waals surface area contributed by atoms with Gasteiger partial charge in [0, 0.05) is 6.54 Å². The van der Waals surface area contributed by atoms with Gasteiger partial charge in [-0.1, -0.05) is 50.2 Å². The predicted octanol–water partition coefficient (Wildman–Crippen LogP) is 3.34. The van der Waals surface area contributed by atoms with Crippen molar-refractivity contribution in [3.63, 3.8) is 0 Å². The highest BCUT2D eigenvalue weighted by molar-refractivity contribution is 5.78. The van der Waals surface area contributed by atoms with Crippen LogP contribution in [0, 0.1) is 5.82 Å². The molecule has 0 fully saturated rings. The quantitative estimate of drug-likeness (QED) is 0.859. The van der Waals surface area contributed by atoms with Gasteiger partial charge in [0.05, 0.1) is 12.5 Å². The van der Waals surface area contributed by atoms with Crippen LogP contribution < -0.4 is 5.32 Å². The zero-order chi connectivity index (χ0) is 16.8. The van der Waals surface area contributed by atoms with Gasteiger partial charge in [-0.2, -0.15) is 0 Å². The fourth-order valence-corrected chi connectivity index (χ4v) is 2.28. The fraction of sp³-hybridized carbons (Fsp3) is 0.316. The first-order valence-electron chi connectivity index (χ1n) is 7.74. The number of aliphatic hydroxyl groups excluding tert-OH is 1. The van der Waals surface area contributed by atoms with E-state index in [1.165, 1.54) is 17.7 Å². The van der Waals surface area contributed by atoms with Crippen molar-refractivity contribution < 1.29 is 14.3 Å². The number of nitrogens with one attached hydrogen (secondary N) is 1. The maximum atomic E-state index is 12.8. The molecule has 0 bridgehead atoms. The minimum atomic E-state index is -0.742. The molecule has 3 nitrogen and oxygen atoms in total. The summed E-state index contributed by atoms with van der Waals surface area (Å²) in [6.45, 7) is 4.38. The molecule has 1 unspecified atom stereocenters. The second-order valence-electron chi connectivity index (χ2n) is 5.94. The molecule has 2 aromatic rings. The summed E-state index contributed by atoms with van der Waals surface area (Å²) in [6, 6.07) is 13.6. The Morgan fingerprint density at radius 1 is 1.04 bits per heavy atom. The van der Waals surface area contributed by atoms with Crippen LogP contribution in [0.25, 0.3) is 0 Å². The second-order valence-corrected chi connectivity index (χ2v) is 5.94. The predicted molar refractivity (Wildman–Crippen MR) is 88.6 cm³/mol. The highest BCUT2D eigenvalue weighted by Crippen LogP contribution is 2.18. The Labute approximate surface area is 136 Å². The van der Waals surface area contributed by atoms with Crippen LogP contribution in [0.5, 0.6) is 0 Å². The van der Waals surface area contributed by atoms with E-state index in [-0.39, 0.29) is 24.7 Å². The topological polar surface area (TPSA) is 49.3 Å². The van der Waals surface area contributed by atoms with E-state index in [9.17, 15) is 14.3 Å². The van der Waals surface area contributed by atoms with Crippen LogP contribution >= 0.6 is 0 Å². The van der Waals surface area contributed by atoms with Crippen LogP contribution in [0.2, 0.25) is 0 Å². The summed E-state index contributed by atoms with van der Waals surface area (Å²) >= 11 is 0. The molecular weight excluding hydrogens is 293 g/mol. The van der Waals surface area contributed by atoms with E-state index in [2.05, 4.69) is 19.2 Å². The van der Waals surface area contributed by atoms with Crippen LogP contribution in [0.3, 0.4) is 0 Å². The van der Waals surface area contributed by atoms with E-state index in [1.54, 1.807) is 12.1 Å². The third kappa shape index (κ3) is 5.18. The van der Waals surface area contributed by atoms with Crippen molar-refractivity contribution in [1.29, 1.82) is 0 Å². The van der Waals surface area contributed by atoms with Crippen molar-refractivity contribution in [2.24, 2.45) is 0 Å². The van der Waals surface area contributed by atoms with Gasteiger partial charge in [0.25, 0.3) is 0 Å². The zero-order valence-electron chi connectivity index (χ0n) is 13.4. The van der Waals surface area contributed by atoms with Crippen LogP contribution in [0.4, 0.5) is 4.39 Å². The standard InChI is InChI=1S/C19H22FNO2/c1-13(2)15-5-7-16(8-6-15)18(22)12-21-19(23)11-14-3-9-17(20)10-4-14/h3-10,13,18,22H,11-12H2,1-2H3,(H,21,23). The lowest BCUT2D eigenvalue weighted by atomic mass is 10.00. The first-order chi connectivity index (χ1) is 11.0. The Hall–Kier alpha value is -2.20. The van der Waals surface area contributed by atoms with Gasteiger partial charge in [-0.25, -0.2) is 4.39 Å². The van der Waals surface area contributed by atoms with Crippen molar-refractivity contribution in [3.8, 4) is 0 Å². The summed E-state index contributed by atoms with van der Waals surface area (Å²) in [5.74, 6) is -0.0829. The van der Waals surface area contributed by atoms with E-state index >= 15 is 0 Å². The number of amides is 1. The molecule has 0 heterocycles. The molecule has 2 rings (SSSR count). The second kappa shape index (κ2) is 7.88. The fourth-order valence-electron chi connectivity index (χ4n) is 2.28. The lowest BCUT2D eigenvalue weighted by molar-refractivity contribution is -0.120. The molecule has 0 saturated heterocycles. The molecule has 0 aromatic heterocycles. The van der Waals surface area contributed by atoms with Crippen molar-refractivity contribution in [2.75, 3.05) is 6.54 Å². The van der Waals surface area contributed by atoms with Gasteiger partial charge in [0.15, 0.2) is 0 Å². The van der Waals surface area contributed by atoms with Gasteiger partial charge < -0.3 is 10.4 Å². The molecule has 0 saturated carbocycles. The lowest BCUT2D eigenvalue weighted by Crippen LogP contribution is -2.29. The van der Waals surface area contributed by atoms with Crippen molar-refractivity contribution >= 4 is 5.91 Å². The number of hydrogen-bond acceptors (Lipinski definition) is 2. The molecule has 122 valence electrons. The van der Waals surface area contributed by atoms with Gasteiger partial charge in [-0.15, -0.1) is 0 Å². The number of carbonyl (C=O) groups excluding carboxylic acids is 1. The zero-order valence-corrected chi connectivity index (χ0v) is 13.4. The van der Waals surface area contributed by atoms with Crippen molar-refractivity contribution in [1.82, 2.24) is 5.32 Å². The molecule has 0 aliphatic carbocycles. The summed E-state index contributed by atoms with van der Waals surface area (Å²) in [5, 5.41) is 12.8. The molecule has 4 heteroatoms. The van der Waals surface area contributed by atoms with Gasteiger partial charge in [0.2, 0.25) is 5.91 Å². The maximum Gasteiger partial charge on any atom is 0.224 e. The van der Waals surface area contributed by atoms with Crippen LogP contribution in [-0.2, 0) is 11.2 Å². The number of rotatable bonds is 6. The molecule has 0 aliphatic rings. The van der Waals surface area contributed by atoms with Gasteiger partial charge in [-0.3, -0.25) is 4.79 Å². The number of carbonyl (C=O) groups is 1.